The van der Waals surface area contributed by atoms with E-state index in [9.17, 15) is 4.79 Å². The molecule has 3 heterocycles. The number of carbonyl (C=O) groups excluding carboxylic acids is 1. The van der Waals surface area contributed by atoms with Crippen molar-refractivity contribution in [1.29, 1.82) is 0 Å². The third kappa shape index (κ3) is 6.88. The molecule has 4 rings (SSSR count). The van der Waals surface area contributed by atoms with E-state index in [1.807, 2.05) is 43.5 Å². The summed E-state index contributed by atoms with van der Waals surface area (Å²) < 4.78 is 7.49. The van der Waals surface area contributed by atoms with Crippen molar-refractivity contribution >= 4 is 28.9 Å². The molecule has 0 fully saturated rings. The van der Waals surface area contributed by atoms with E-state index in [0.29, 0.717) is 30.2 Å². The highest BCUT2D eigenvalue weighted by Gasteiger charge is 2.21. The number of carbonyl (C=O) groups is 1. The molecule has 0 spiro atoms. The van der Waals surface area contributed by atoms with Gasteiger partial charge >= 0.3 is 5.97 Å². The lowest BCUT2D eigenvalue weighted by Crippen LogP contribution is -2.39. The SMILES string of the molecule is CC[C@H](COC(=O)C(N)C(C)C)Nc1nc(NCc2ccc(-c3ccccn3)cc2)c2ncn(C(C)C)c2n1. The van der Waals surface area contributed by atoms with Crippen molar-refractivity contribution in [3.63, 3.8) is 0 Å². The van der Waals surface area contributed by atoms with Gasteiger partial charge in [-0.2, -0.15) is 9.97 Å². The maximum atomic E-state index is 12.3. The number of ether oxygens (including phenoxy) is 1. The van der Waals surface area contributed by atoms with Crippen LogP contribution in [0.5, 0.6) is 0 Å². The molecule has 0 aliphatic carbocycles. The zero-order valence-corrected chi connectivity index (χ0v) is 23.3. The number of hydrogen-bond donors (Lipinski definition) is 3. The Bertz CT molecular complexity index is 1370. The molecule has 1 unspecified atom stereocenters. The maximum Gasteiger partial charge on any atom is 0.323 e. The molecule has 0 bridgehead atoms. The highest BCUT2D eigenvalue weighted by Crippen LogP contribution is 2.25. The minimum absolute atomic E-state index is 0.00689. The third-order valence-electron chi connectivity index (χ3n) is 6.60. The number of aromatic nitrogens is 5. The number of nitrogens with zero attached hydrogens (tertiary/aromatic N) is 5. The third-order valence-corrected chi connectivity index (χ3v) is 6.60. The van der Waals surface area contributed by atoms with Crippen LogP contribution in [0.25, 0.3) is 22.4 Å². The van der Waals surface area contributed by atoms with E-state index in [2.05, 4.69) is 58.7 Å². The number of pyridine rings is 1. The van der Waals surface area contributed by atoms with Crippen LogP contribution in [-0.4, -0.2) is 49.2 Å². The number of nitrogens with one attached hydrogen (secondary N) is 2. The van der Waals surface area contributed by atoms with Gasteiger partial charge in [0, 0.05) is 24.3 Å². The molecule has 0 aliphatic heterocycles. The molecule has 3 aromatic heterocycles. The molecule has 4 aromatic rings. The summed E-state index contributed by atoms with van der Waals surface area (Å²) >= 11 is 0. The molecular weight excluding hydrogens is 492 g/mol. The Kier molecular flexibility index (Phi) is 9.08. The van der Waals surface area contributed by atoms with Crippen LogP contribution in [-0.2, 0) is 16.1 Å². The van der Waals surface area contributed by atoms with E-state index in [1.165, 1.54) is 0 Å². The molecule has 39 heavy (non-hydrogen) atoms. The number of rotatable bonds is 12. The van der Waals surface area contributed by atoms with E-state index < -0.39 is 12.0 Å². The van der Waals surface area contributed by atoms with Gasteiger partial charge < -0.3 is 25.7 Å². The van der Waals surface area contributed by atoms with Crippen LogP contribution in [0.3, 0.4) is 0 Å². The first-order valence-corrected chi connectivity index (χ1v) is 13.4. The number of fused-ring (bicyclic) bond motifs is 1. The predicted octanol–water partition coefficient (Wildman–Crippen LogP) is 4.80. The van der Waals surface area contributed by atoms with Crippen LogP contribution in [0.1, 0.15) is 52.6 Å². The van der Waals surface area contributed by atoms with E-state index in [1.54, 1.807) is 12.5 Å². The smallest absolute Gasteiger partial charge is 0.323 e. The van der Waals surface area contributed by atoms with E-state index in [0.717, 1.165) is 22.5 Å². The summed E-state index contributed by atoms with van der Waals surface area (Å²) in [5, 5.41) is 6.78. The highest BCUT2D eigenvalue weighted by atomic mass is 16.5. The van der Waals surface area contributed by atoms with Gasteiger partial charge in [-0.15, -0.1) is 0 Å². The molecule has 206 valence electrons. The summed E-state index contributed by atoms with van der Waals surface area (Å²) in [6.07, 6.45) is 4.29. The largest absolute Gasteiger partial charge is 0.462 e. The first-order chi connectivity index (χ1) is 18.8. The second-order valence-corrected chi connectivity index (χ2v) is 10.2. The van der Waals surface area contributed by atoms with E-state index in [-0.39, 0.29) is 24.6 Å². The molecular formula is C29H38N8O2. The number of hydrogen-bond acceptors (Lipinski definition) is 9. The lowest BCUT2D eigenvalue weighted by atomic mass is 10.1. The quantitative estimate of drug-likeness (QED) is 0.221. The molecule has 0 radical (unpaired) electrons. The summed E-state index contributed by atoms with van der Waals surface area (Å²) in [6, 6.07) is 13.5. The lowest BCUT2D eigenvalue weighted by molar-refractivity contribution is -0.146. The van der Waals surface area contributed by atoms with Crippen molar-refractivity contribution in [2.24, 2.45) is 11.7 Å². The van der Waals surface area contributed by atoms with Crippen molar-refractivity contribution in [3.05, 3.63) is 60.6 Å². The first kappa shape index (κ1) is 28.0. The monoisotopic (exact) mass is 530 g/mol. The van der Waals surface area contributed by atoms with Crippen LogP contribution in [0.2, 0.25) is 0 Å². The van der Waals surface area contributed by atoms with Gasteiger partial charge in [-0.25, -0.2) is 4.98 Å². The van der Waals surface area contributed by atoms with Gasteiger partial charge in [0.05, 0.1) is 18.1 Å². The van der Waals surface area contributed by atoms with Gasteiger partial charge in [0.1, 0.15) is 12.6 Å². The highest BCUT2D eigenvalue weighted by molar-refractivity contribution is 5.84. The average Bonchev–Trinajstić information content (AvgIpc) is 3.38. The van der Waals surface area contributed by atoms with Gasteiger partial charge in [0.25, 0.3) is 0 Å². The summed E-state index contributed by atoms with van der Waals surface area (Å²) in [5.41, 5.74) is 10.5. The Hall–Kier alpha value is -4.05. The molecule has 0 aliphatic rings. The fraction of sp³-hybridized carbons (Fsp3) is 0.414. The molecule has 0 saturated heterocycles. The number of anilines is 2. The number of benzene rings is 1. The predicted molar refractivity (Wildman–Crippen MR) is 154 cm³/mol. The van der Waals surface area contributed by atoms with Crippen LogP contribution in [0.4, 0.5) is 11.8 Å². The van der Waals surface area contributed by atoms with Crippen LogP contribution in [0.15, 0.2) is 55.0 Å². The molecule has 0 saturated carbocycles. The Morgan fingerprint density at radius 2 is 1.82 bits per heavy atom. The van der Waals surface area contributed by atoms with Crippen LogP contribution < -0.4 is 16.4 Å². The first-order valence-electron chi connectivity index (χ1n) is 13.4. The average molecular weight is 531 g/mol. The Morgan fingerprint density at radius 1 is 1.05 bits per heavy atom. The second kappa shape index (κ2) is 12.7. The van der Waals surface area contributed by atoms with Crippen LogP contribution >= 0.6 is 0 Å². The molecule has 4 N–H and O–H groups in total. The van der Waals surface area contributed by atoms with Crippen molar-refractivity contribution in [2.45, 2.75) is 65.7 Å². The number of imidazole rings is 1. The van der Waals surface area contributed by atoms with Gasteiger partial charge in [-0.1, -0.05) is 51.1 Å². The van der Waals surface area contributed by atoms with Crippen molar-refractivity contribution in [3.8, 4) is 11.3 Å². The van der Waals surface area contributed by atoms with Crippen molar-refractivity contribution in [1.82, 2.24) is 24.5 Å². The summed E-state index contributed by atoms with van der Waals surface area (Å²) in [6.45, 7) is 10.7. The Labute approximate surface area is 229 Å². The topological polar surface area (TPSA) is 133 Å². The summed E-state index contributed by atoms with van der Waals surface area (Å²) in [7, 11) is 0. The van der Waals surface area contributed by atoms with Gasteiger partial charge in [-0.3, -0.25) is 9.78 Å². The van der Waals surface area contributed by atoms with Gasteiger partial charge in [0.15, 0.2) is 17.0 Å². The fourth-order valence-electron chi connectivity index (χ4n) is 3.99. The zero-order valence-electron chi connectivity index (χ0n) is 23.3. The molecule has 0 amide bonds. The maximum absolute atomic E-state index is 12.3. The summed E-state index contributed by atoms with van der Waals surface area (Å²) in [5.74, 6) is 0.668. The number of esters is 1. The Balaban J connectivity index is 1.52. The Morgan fingerprint density at radius 3 is 2.46 bits per heavy atom. The fourth-order valence-corrected chi connectivity index (χ4v) is 3.99. The van der Waals surface area contributed by atoms with Gasteiger partial charge in [0.2, 0.25) is 5.95 Å². The van der Waals surface area contributed by atoms with Crippen molar-refractivity contribution < 1.29 is 9.53 Å². The number of nitrogens with two attached hydrogens (primary N) is 1. The molecule has 1 aromatic carbocycles. The lowest BCUT2D eigenvalue weighted by Gasteiger charge is -2.20. The normalized spacial score (nSPS) is 13.0. The standard InChI is InChI=1S/C29H38N8O2/c1-6-22(16-39-28(38)24(30)18(2)3)34-29-35-26(25-27(36-29)37(17-33-25)19(4)5)32-15-20-10-12-21(13-11-20)23-9-7-8-14-31-23/h7-14,17-19,22,24H,6,15-16,30H2,1-5H3,(H2,32,34,35,36)/t22-,24?/m1/s1. The second-order valence-electron chi connectivity index (χ2n) is 10.2. The van der Waals surface area contributed by atoms with Gasteiger partial charge in [-0.05, 0) is 43.9 Å². The minimum atomic E-state index is -0.649. The van der Waals surface area contributed by atoms with Crippen LogP contribution in [0, 0.1) is 5.92 Å². The minimum Gasteiger partial charge on any atom is -0.462 e. The molecule has 10 nitrogen and oxygen atoms in total. The zero-order chi connectivity index (χ0) is 27.9. The van der Waals surface area contributed by atoms with E-state index in [4.69, 9.17) is 20.4 Å². The molecule has 2 atom stereocenters. The van der Waals surface area contributed by atoms with Crippen molar-refractivity contribution in [2.75, 3.05) is 17.2 Å². The van der Waals surface area contributed by atoms with E-state index >= 15 is 0 Å². The molecule has 10 heteroatoms. The summed E-state index contributed by atoms with van der Waals surface area (Å²) in [4.78, 5) is 30.8.